The van der Waals surface area contributed by atoms with E-state index in [-0.39, 0.29) is 6.42 Å². The highest BCUT2D eigenvalue weighted by atomic mass is 16.4. The summed E-state index contributed by atoms with van der Waals surface area (Å²) in [5.41, 5.74) is 0. The number of carbonyl (C=O) groups is 1. The number of nitrogens with one attached hydrogen (secondary N) is 1. The highest BCUT2D eigenvalue weighted by Gasteiger charge is 2.19. The zero-order valence-electron chi connectivity index (χ0n) is 9.15. The van der Waals surface area contributed by atoms with Crippen molar-refractivity contribution in [3.05, 3.63) is 0 Å². The quantitative estimate of drug-likeness (QED) is 0.558. The van der Waals surface area contributed by atoms with Gasteiger partial charge in [0.1, 0.15) is 0 Å². The number of aliphatic hydroxyl groups excluding tert-OH is 1. The molecular formula is C10H20N2O3. The third-order valence-corrected chi connectivity index (χ3v) is 2.72. The summed E-state index contributed by atoms with van der Waals surface area (Å²) in [5.74, 6) is -0.852. The number of nitrogens with zero attached hydrogens (tertiary/aromatic N) is 1. The Morgan fingerprint density at radius 3 is 2.93 bits per heavy atom. The number of likely N-dealkylation sites (N-methyl/N-ethyl adjacent to an activating group) is 1. The zero-order valence-corrected chi connectivity index (χ0v) is 9.15. The van der Waals surface area contributed by atoms with Gasteiger partial charge in [-0.3, -0.25) is 4.79 Å². The summed E-state index contributed by atoms with van der Waals surface area (Å²) in [4.78, 5) is 12.5. The Kier molecular flexibility index (Phi) is 5.01. The van der Waals surface area contributed by atoms with Gasteiger partial charge in [-0.2, -0.15) is 0 Å². The fourth-order valence-electron chi connectivity index (χ4n) is 1.80. The maximum atomic E-state index is 10.3. The van der Waals surface area contributed by atoms with Crippen LogP contribution in [0.4, 0.5) is 0 Å². The van der Waals surface area contributed by atoms with Gasteiger partial charge in [0.05, 0.1) is 6.10 Å². The average Bonchev–Trinajstić information content (AvgIpc) is 2.58. The lowest BCUT2D eigenvalue weighted by Gasteiger charge is -2.15. The molecule has 1 aliphatic rings. The molecule has 1 fully saturated rings. The number of aliphatic carboxylic acids is 1. The summed E-state index contributed by atoms with van der Waals surface area (Å²) in [6.07, 6.45) is 0.910. The number of rotatable bonds is 6. The largest absolute Gasteiger partial charge is 0.481 e. The Bertz CT molecular complexity index is 211. The molecule has 1 heterocycles. The van der Waals surface area contributed by atoms with Gasteiger partial charge >= 0.3 is 5.97 Å². The van der Waals surface area contributed by atoms with E-state index in [2.05, 4.69) is 17.3 Å². The van der Waals surface area contributed by atoms with Crippen molar-refractivity contribution >= 4 is 5.97 Å². The van der Waals surface area contributed by atoms with E-state index < -0.39 is 12.1 Å². The van der Waals surface area contributed by atoms with Gasteiger partial charge in [-0.25, -0.2) is 0 Å². The lowest BCUT2D eigenvalue weighted by Crippen LogP contribution is -2.37. The second kappa shape index (κ2) is 6.05. The van der Waals surface area contributed by atoms with E-state index in [1.54, 1.807) is 0 Å². The van der Waals surface area contributed by atoms with Gasteiger partial charge in [-0.05, 0) is 26.4 Å². The highest BCUT2D eigenvalue weighted by Crippen LogP contribution is 2.06. The van der Waals surface area contributed by atoms with E-state index in [1.165, 1.54) is 0 Å². The summed E-state index contributed by atoms with van der Waals surface area (Å²) < 4.78 is 0. The molecule has 0 aromatic heterocycles. The van der Waals surface area contributed by atoms with E-state index >= 15 is 0 Å². The monoisotopic (exact) mass is 216 g/mol. The molecule has 5 nitrogen and oxygen atoms in total. The van der Waals surface area contributed by atoms with Crippen LogP contribution in [0.15, 0.2) is 0 Å². The summed E-state index contributed by atoms with van der Waals surface area (Å²) in [6.45, 7) is 2.58. The second-order valence-electron chi connectivity index (χ2n) is 4.24. The molecule has 0 amide bonds. The van der Waals surface area contributed by atoms with Crippen molar-refractivity contribution in [2.45, 2.75) is 31.4 Å². The molecule has 0 radical (unpaired) electrons. The molecule has 0 spiro atoms. The topological polar surface area (TPSA) is 72.8 Å². The van der Waals surface area contributed by atoms with E-state index in [0.29, 0.717) is 19.0 Å². The summed E-state index contributed by atoms with van der Waals surface area (Å²) in [6, 6.07) is 0.439. The Morgan fingerprint density at radius 1 is 1.67 bits per heavy atom. The van der Waals surface area contributed by atoms with Crippen molar-refractivity contribution in [1.82, 2.24) is 10.2 Å². The van der Waals surface area contributed by atoms with E-state index in [1.807, 2.05) is 0 Å². The lowest BCUT2D eigenvalue weighted by molar-refractivity contribution is -0.137. The minimum atomic E-state index is -0.852. The van der Waals surface area contributed by atoms with Crippen LogP contribution in [0.5, 0.6) is 0 Å². The van der Waals surface area contributed by atoms with Gasteiger partial charge in [-0.1, -0.05) is 0 Å². The lowest BCUT2D eigenvalue weighted by atomic mass is 10.2. The zero-order chi connectivity index (χ0) is 11.3. The molecule has 0 bridgehead atoms. The second-order valence-corrected chi connectivity index (χ2v) is 4.24. The van der Waals surface area contributed by atoms with Crippen LogP contribution in [0, 0.1) is 0 Å². The Morgan fingerprint density at radius 2 is 2.40 bits per heavy atom. The minimum Gasteiger partial charge on any atom is -0.481 e. The van der Waals surface area contributed by atoms with Crippen LogP contribution in [-0.4, -0.2) is 59.9 Å². The number of likely N-dealkylation sites (tertiary alicyclic amines) is 1. The molecule has 15 heavy (non-hydrogen) atoms. The van der Waals surface area contributed by atoms with Gasteiger partial charge < -0.3 is 20.4 Å². The van der Waals surface area contributed by atoms with Gasteiger partial charge in [0.25, 0.3) is 0 Å². The van der Waals surface area contributed by atoms with Crippen molar-refractivity contribution in [2.24, 2.45) is 0 Å². The van der Waals surface area contributed by atoms with Crippen LogP contribution in [0.2, 0.25) is 0 Å². The molecule has 5 heteroatoms. The van der Waals surface area contributed by atoms with Crippen molar-refractivity contribution < 1.29 is 15.0 Å². The number of hydrogen-bond acceptors (Lipinski definition) is 4. The van der Waals surface area contributed by atoms with Crippen molar-refractivity contribution in [3.63, 3.8) is 0 Å². The fraction of sp³-hybridized carbons (Fsp3) is 0.900. The summed E-state index contributed by atoms with van der Waals surface area (Å²) in [7, 11) is 2.07. The molecular weight excluding hydrogens is 196 g/mol. The standard InChI is InChI=1S/C10H20N2O3/c1-12-5-4-8(7-12)11-6-9(13)2-3-10(14)15/h8-9,11,13H,2-7H2,1H3,(H,14,15). The first-order valence-electron chi connectivity index (χ1n) is 5.39. The van der Waals surface area contributed by atoms with Crippen LogP contribution in [0.3, 0.4) is 0 Å². The molecule has 2 atom stereocenters. The predicted molar refractivity (Wildman–Crippen MR) is 56.8 cm³/mol. The first-order valence-corrected chi connectivity index (χ1v) is 5.39. The van der Waals surface area contributed by atoms with Crippen molar-refractivity contribution in [3.8, 4) is 0 Å². The predicted octanol–water partition coefficient (Wildman–Crippen LogP) is -0.494. The van der Waals surface area contributed by atoms with Gasteiger partial charge in [0.15, 0.2) is 0 Å². The van der Waals surface area contributed by atoms with Crippen molar-refractivity contribution in [1.29, 1.82) is 0 Å². The van der Waals surface area contributed by atoms with Crippen LogP contribution in [0.1, 0.15) is 19.3 Å². The summed E-state index contributed by atoms with van der Waals surface area (Å²) >= 11 is 0. The molecule has 3 N–H and O–H groups in total. The molecule has 1 rings (SSSR count). The molecule has 1 saturated heterocycles. The number of aliphatic hydroxyl groups is 1. The maximum Gasteiger partial charge on any atom is 0.303 e. The Labute approximate surface area is 90.1 Å². The number of carboxylic acids is 1. The SMILES string of the molecule is CN1CCC(NCC(O)CCC(=O)O)C1. The molecule has 0 saturated carbocycles. The van der Waals surface area contributed by atoms with Crippen LogP contribution in [0.25, 0.3) is 0 Å². The first kappa shape index (κ1) is 12.4. The Balaban J connectivity index is 2.06. The normalized spacial score (nSPS) is 24.3. The van der Waals surface area contributed by atoms with Crippen LogP contribution < -0.4 is 5.32 Å². The first-order chi connectivity index (χ1) is 7.08. The van der Waals surface area contributed by atoms with Gasteiger partial charge in [0.2, 0.25) is 0 Å². The molecule has 88 valence electrons. The Hall–Kier alpha value is -0.650. The van der Waals surface area contributed by atoms with E-state index in [9.17, 15) is 9.90 Å². The maximum absolute atomic E-state index is 10.3. The van der Waals surface area contributed by atoms with Crippen LogP contribution in [-0.2, 0) is 4.79 Å². The molecule has 0 aromatic carbocycles. The minimum absolute atomic E-state index is 0.0351. The van der Waals surface area contributed by atoms with E-state index in [4.69, 9.17) is 5.11 Å². The highest BCUT2D eigenvalue weighted by molar-refractivity contribution is 5.66. The summed E-state index contributed by atoms with van der Waals surface area (Å²) in [5, 5.41) is 21.2. The van der Waals surface area contributed by atoms with Crippen LogP contribution >= 0.6 is 0 Å². The van der Waals surface area contributed by atoms with Gasteiger partial charge in [0, 0.05) is 25.6 Å². The molecule has 1 aliphatic heterocycles. The molecule has 0 aromatic rings. The third kappa shape index (κ3) is 5.11. The number of hydrogen-bond donors (Lipinski definition) is 3. The van der Waals surface area contributed by atoms with E-state index in [0.717, 1.165) is 19.5 Å². The molecule has 2 unspecified atom stereocenters. The third-order valence-electron chi connectivity index (χ3n) is 2.72. The van der Waals surface area contributed by atoms with Crippen molar-refractivity contribution in [2.75, 3.05) is 26.7 Å². The average molecular weight is 216 g/mol. The fourth-order valence-corrected chi connectivity index (χ4v) is 1.80. The molecule has 0 aliphatic carbocycles. The van der Waals surface area contributed by atoms with Gasteiger partial charge in [-0.15, -0.1) is 0 Å². The number of carboxylic acid groups (broad SMARTS) is 1. The smallest absolute Gasteiger partial charge is 0.303 e.